The number of rotatable bonds is 5. The second kappa shape index (κ2) is 10.3. The van der Waals surface area contributed by atoms with Crippen LogP contribution < -0.4 is 0 Å². The summed E-state index contributed by atoms with van der Waals surface area (Å²) in [7, 11) is 0. The summed E-state index contributed by atoms with van der Waals surface area (Å²) < 4.78 is 0. The largest absolute Gasteiger partial charge is 0.299 e. The van der Waals surface area contributed by atoms with Crippen LogP contribution in [0.4, 0.5) is 0 Å². The van der Waals surface area contributed by atoms with Crippen LogP contribution in [0.2, 0.25) is 5.02 Å². The van der Waals surface area contributed by atoms with Gasteiger partial charge in [0.05, 0.1) is 5.92 Å². The van der Waals surface area contributed by atoms with Crippen molar-refractivity contribution >= 4 is 40.8 Å². The van der Waals surface area contributed by atoms with E-state index in [1.807, 2.05) is 60.7 Å². The van der Waals surface area contributed by atoms with E-state index in [2.05, 4.69) is 0 Å². The monoisotopic (exact) mass is 544 g/mol. The quantitative estimate of drug-likeness (QED) is 0.198. The Morgan fingerprint density at radius 2 is 1.27 bits per heavy atom. The van der Waals surface area contributed by atoms with Gasteiger partial charge < -0.3 is 0 Å². The van der Waals surface area contributed by atoms with E-state index in [4.69, 9.17) is 11.6 Å². The maximum absolute atomic E-state index is 14.6. The van der Waals surface area contributed by atoms with Gasteiger partial charge in [0.15, 0.2) is 17.3 Å². The number of ketones is 4. The Bertz CT molecular complexity index is 1640. The highest BCUT2D eigenvalue weighted by atomic mass is 35.5. The fourth-order valence-electron chi connectivity index (χ4n) is 6.57. The number of benzene rings is 4. The van der Waals surface area contributed by atoms with Gasteiger partial charge in [0, 0.05) is 34.4 Å². The number of hydrogen-bond donors (Lipinski definition) is 0. The maximum atomic E-state index is 14.6. The summed E-state index contributed by atoms with van der Waals surface area (Å²) in [5, 5.41) is 0.301. The van der Waals surface area contributed by atoms with Crippen molar-refractivity contribution in [3.63, 3.8) is 0 Å². The van der Waals surface area contributed by atoms with Gasteiger partial charge in [-0.25, -0.2) is 0 Å². The smallest absolute Gasteiger partial charge is 0.178 e. The van der Waals surface area contributed by atoms with Gasteiger partial charge in [-0.1, -0.05) is 121 Å². The van der Waals surface area contributed by atoms with Crippen LogP contribution in [-0.4, -0.2) is 23.1 Å². The lowest BCUT2D eigenvalue weighted by Gasteiger charge is -2.48. The van der Waals surface area contributed by atoms with Gasteiger partial charge in [-0.05, 0) is 28.8 Å². The van der Waals surface area contributed by atoms with Crippen LogP contribution in [0.15, 0.2) is 115 Å². The van der Waals surface area contributed by atoms with Crippen molar-refractivity contribution in [1.82, 2.24) is 0 Å². The van der Waals surface area contributed by atoms with Crippen LogP contribution in [-0.2, 0) is 9.59 Å². The molecule has 1 fully saturated rings. The standard InChI is InChI=1S/C35H25ClO4/c36-28-18-10-9-17-26(28)32-31(29(37)20-19-22-11-3-1-4-12-22)30(38)21-27(23-13-5-2-6-14-23)35(32)33(39)24-15-7-8-16-25(24)34(35)40/h1-20,27,31-32H,21H2/b20-19+. The molecule has 0 saturated heterocycles. The highest BCUT2D eigenvalue weighted by molar-refractivity contribution is 6.34. The molecule has 4 nitrogen and oxygen atoms in total. The third kappa shape index (κ3) is 3.99. The molecule has 3 atom stereocenters. The molecule has 0 aliphatic heterocycles. The fraction of sp³-hybridized carbons (Fsp3) is 0.143. The molecule has 0 bridgehead atoms. The molecule has 40 heavy (non-hydrogen) atoms. The summed E-state index contributed by atoms with van der Waals surface area (Å²) in [6.45, 7) is 0. The highest BCUT2D eigenvalue weighted by Crippen LogP contribution is 2.62. The summed E-state index contributed by atoms with van der Waals surface area (Å²) >= 11 is 6.75. The molecule has 4 aromatic rings. The Kier molecular flexibility index (Phi) is 6.65. The number of fused-ring (bicyclic) bond motifs is 1. The molecule has 2 aliphatic carbocycles. The number of allylic oxidation sites excluding steroid dienone is 1. The van der Waals surface area contributed by atoms with Crippen molar-refractivity contribution in [2.24, 2.45) is 11.3 Å². The lowest BCUT2D eigenvalue weighted by Crippen LogP contribution is -2.55. The van der Waals surface area contributed by atoms with Crippen molar-refractivity contribution in [3.05, 3.63) is 148 Å². The zero-order valence-electron chi connectivity index (χ0n) is 21.5. The number of Topliss-reactive ketones (excluding diaryl/α,β-unsaturated/α-hetero) is 3. The zero-order valence-corrected chi connectivity index (χ0v) is 22.3. The molecular weight excluding hydrogens is 520 g/mol. The molecular formula is C35H25ClO4. The molecule has 196 valence electrons. The summed E-state index contributed by atoms with van der Waals surface area (Å²) in [5.74, 6) is -4.63. The summed E-state index contributed by atoms with van der Waals surface area (Å²) in [6, 6.07) is 32.1. The second-order valence-corrected chi connectivity index (χ2v) is 10.7. The Morgan fingerprint density at radius 3 is 1.90 bits per heavy atom. The number of carbonyl (C=O) groups is 4. The van der Waals surface area contributed by atoms with E-state index in [9.17, 15) is 19.2 Å². The molecule has 0 aromatic heterocycles. The Hall–Kier alpha value is -4.41. The first-order valence-corrected chi connectivity index (χ1v) is 13.6. The van der Waals surface area contributed by atoms with Crippen molar-refractivity contribution in [2.75, 3.05) is 0 Å². The van der Waals surface area contributed by atoms with Gasteiger partial charge in [0.25, 0.3) is 0 Å². The van der Waals surface area contributed by atoms with Crippen LogP contribution in [0.1, 0.15) is 55.7 Å². The summed E-state index contributed by atoms with van der Waals surface area (Å²) in [4.78, 5) is 57.2. The predicted octanol–water partition coefficient (Wildman–Crippen LogP) is 7.14. The number of halogens is 1. The van der Waals surface area contributed by atoms with Crippen molar-refractivity contribution in [1.29, 1.82) is 0 Å². The topological polar surface area (TPSA) is 68.3 Å². The molecule has 2 aliphatic rings. The third-order valence-corrected chi connectivity index (χ3v) is 8.63. The minimum absolute atomic E-state index is 0.119. The van der Waals surface area contributed by atoms with E-state index in [-0.39, 0.29) is 23.8 Å². The second-order valence-electron chi connectivity index (χ2n) is 10.3. The number of carbonyl (C=O) groups excluding carboxylic acids is 4. The van der Waals surface area contributed by atoms with E-state index in [1.165, 1.54) is 6.08 Å². The number of hydrogen-bond acceptors (Lipinski definition) is 4. The van der Waals surface area contributed by atoms with Gasteiger partial charge in [0.2, 0.25) is 0 Å². The summed E-state index contributed by atoms with van der Waals surface area (Å²) in [5.41, 5.74) is 0.847. The molecule has 1 spiro atoms. The first-order chi connectivity index (χ1) is 19.4. The van der Waals surface area contributed by atoms with Crippen LogP contribution >= 0.6 is 11.6 Å². The van der Waals surface area contributed by atoms with Gasteiger partial charge in [0.1, 0.15) is 11.2 Å². The predicted molar refractivity (Wildman–Crippen MR) is 155 cm³/mol. The third-order valence-electron chi connectivity index (χ3n) is 8.28. The van der Waals surface area contributed by atoms with E-state index in [1.54, 1.807) is 54.6 Å². The lowest BCUT2D eigenvalue weighted by atomic mass is 9.50. The minimum Gasteiger partial charge on any atom is -0.299 e. The minimum atomic E-state index is -1.72. The SMILES string of the molecule is O=C(/C=C/c1ccccc1)C1C(=O)CC(c2ccccc2)C2(C(=O)c3ccccc3C2=O)C1c1ccccc1Cl. The molecule has 0 radical (unpaired) electrons. The van der Waals surface area contributed by atoms with Crippen LogP contribution in [0, 0.1) is 11.3 Å². The van der Waals surface area contributed by atoms with Crippen LogP contribution in [0.5, 0.6) is 0 Å². The van der Waals surface area contributed by atoms with Crippen LogP contribution in [0.25, 0.3) is 6.08 Å². The lowest BCUT2D eigenvalue weighted by molar-refractivity contribution is -0.135. The molecule has 0 heterocycles. The first-order valence-electron chi connectivity index (χ1n) is 13.2. The summed E-state index contributed by atoms with van der Waals surface area (Å²) in [6.07, 6.45) is 2.92. The van der Waals surface area contributed by atoms with Gasteiger partial charge in [-0.15, -0.1) is 0 Å². The zero-order chi connectivity index (χ0) is 27.9. The maximum Gasteiger partial charge on any atom is 0.178 e. The highest BCUT2D eigenvalue weighted by Gasteiger charge is 2.68. The van der Waals surface area contributed by atoms with E-state index >= 15 is 0 Å². The van der Waals surface area contributed by atoms with Gasteiger partial charge in [-0.2, -0.15) is 0 Å². The molecule has 5 heteroatoms. The molecule has 0 N–H and O–H groups in total. The molecule has 6 rings (SSSR count). The van der Waals surface area contributed by atoms with E-state index in [0.29, 0.717) is 27.3 Å². The van der Waals surface area contributed by atoms with Gasteiger partial charge in [-0.3, -0.25) is 19.2 Å². The Labute approximate surface area is 237 Å². The van der Waals surface area contributed by atoms with E-state index in [0.717, 1.165) is 5.56 Å². The van der Waals surface area contributed by atoms with Gasteiger partial charge >= 0.3 is 0 Å². The first kappa shape index (κ1) is 25.8. The van der Waals surface area contributed by atoms with Crippen molar-refractivity contribution in [2.45, 2.75) is 18.3 Å². The average Bonchev–Trinajstić information content (AvgIpc) is 3.21. The normalized spacial score (nSPS) is 21.6. The van der Waals surface area contributed by atoms with Crippen LogP contribution in [0.3, 0.4) is 0 Å². The molecule has 0 amide bonds. The fourth-order valence-corrected chi connectivity index (χ4v) is 6.82. The Morgan fingerprint density at radius 1 is 0.725 bits per heavy atom. The molecule has 1 saturated carbocycles. The molecule has 4 aromatic carbocycles. The van der Waals surface area contributed by atoms with Crippen molar-refractivity contribution in [3.8, 4) is 0 Å². The Balaban J connectivity index is 1.61. The van der Waals surface area contributed by atoms with Crippen molar-refractivity contribution < 1.29 is 19.2 Å². The molecule has 3 unspecified atom stereocenters. The average molecular weight is 545 g/mol. The van der Waals surface area contributed by atoms with E-state index < -0.39 is 29.0 Å².